The van der Waals surface area contributed by atoms with Gasteiger partial charge >= 0.3 is 0 Å². The van der Waals surface area contributed by atoms with E-state index in [1.165, 1.54) is 0 Å². The van der Waals surface area contributed by atoms with Gasteiger partial charge in [0, 0.05) is 18.9 Å². The highest BCUT2D eigenvalue weighted by atomic mass is 35.5. The topological polar surface area (TPSA) is 82.8 Å². The summed E-state index contributed by atoms with van der Waals surface area (Å²) >= 11 is 6.09. The van der Waals surface area contributed by atoms with E-state index in [1.807, 2.05) is 7.05 Å². The molecule has 0 aliphatic rings. The molecule has 0 radical (unpaired) electrons. The molecule has 3 aromatic rings. The Morgan fingerprint density at radius 1 is 1.32 bits per heavy atom. The van der Waals surface area contributed by atoms with Gasteiger partial charge in [0.15, 0.2) is 0 Å². The van der Waals surface area contributed by atoms with E-state index < -0.39 is 0 Å². The molecule has 0 spiro atoms. The lowest BCUT2D eigenvalue weighted by molar-refractivity contribution is 0.432. The lowest BCUT2D eigenvalue weighted by atomic mass is 10.2. The minimum Gasteiger partial charge on any atom is -0.399 e. The van der Waals surface area contributed by atoms with E-state index in [2.05, 4.69) is 15.2 Å². The van der Waals surface area contributed by atoms with E-state index in [4.69, 9.17) is 21.9 Å². The second kappa shape index (κ2) is 4.40. The summed E-state index contributed by atoms with van der Waals surface area (Å²) in [6.45, 7) is 0. The minimum absolute atomic E-state index is 0.318. The molecule has 2 aromatic heterocycles. The maximum atomic E-state index is 6.09. The second-order valence-corrected chi connectivity index (χ2v) is 4.44. The van der Waals surface area contributed by atoms with Gasteiger partial charge in [0.05, 0.1) is 10.6 Å². The Bertz CT molecular complexity index is 733. The molecular weight excluding hydrogens is 266 g/mol. The first kappa shape index (κ1) is 11.7. The fraction of sp³-hybridized carbons (Fsp3) is 0.0833. The van der Waals surface area contributed by atoms with E-state index in [0.29, 0.717) is 33.7 Å². The zero-order valence-electron chi connectivity index (χ0n) is 10.0. The molecule has 0 saturated heterocycles. The molecule has 3 rings (SSSR count). The van der Waals surface area contributed by atoms with Gasteiger partial charge in [0.25, 0.3) is 5.89 Å². The number of rotatable bonds is 2. The SMILES string of the molecule is Cn1ccc(-c2noc(-c3cc(N)ccc3Cl)n2)n1. The number of aryl methyl sites for hydroxylation is 1. The van der Waals surface area contributed by atoms with Crippen molar-refractivity contribution in [3.8, 4) is 23.0 Å². The average molecular weight is 276 g/mol. The van der Waals surface area contributed by atoms with Crippen LogP contribution in [0.3, 0.4) is 0 Å². The normalized spacial score (nSPS) is 10.8. The molecule has 7 heteroatoms. The van der Waals surface area contributed by atoms with Crippen LogP contribution in [0.4, 0.5) is 5.69 Å². The first-order valence-electron chi connectivity index (χ1n) is 5.52. The summed E-state index contributed by atoms with van der Waals surface area (Å²) in [7, 11) is 1.82. The Balaban J connectivity index is 2.03. The van der Waals surface area contributed by atoms with E-state index in [1.54, 1.807) is 35.1 Å². The highest BCUT2D eigenvalue weighted by Gasteiger charge is 2.15. The molecule has 2 heterocycles. The van der Waals surface area contributed by atoms with Crippen molar-refractivity contribution in [2.24, 2.45) is 7.05 Å². The zero-order chi connectivity index (χ0) is 13.4. The summed E-state index contributed by atoms with van der Waals surface area (Å²) in [4.78, 5) is 4.27. The van der Waals surface area contributed by atoms with Crippen LogP contribution in [-0.2, 0) is 7.05 Å². The third-order valence-corrected chi connectivity index (χ3v) is 2.92. The van der Waals surface area contributed by atoms with Gasteiger partial charge in [-0.1, -0.05) is 16.8 Å². The van der Waals surface area contributed by atoms with Gasteiger partial charge in [0.1, 0.15) is 5.69 Å². The molecule has 0 atom stereocenters. The molecule has 0 fully saturated rings. The van der Waals surface area contributed by atoms with E-state index >= 15 is 0 Å². The first-order chi connectivity index (χ1) is 9.13. The van der Waals surface area contributed by atoms with Gasteiger partial charge in [-0.15, -0.1) is 0 Å². The van der Waals surface area contributed by atoms with Crippen molar-refractivity contribution in [1.82, 2.24) is 19.9 Å². The summed E-state index contributed by atoms with van der Waals surface area (Å²) in [5.74, 6) is 0.729. The number of hydrogen-bond acceptors (Lipinski definition) is 5. The van der Waals surface area contributed by atoms with Gasteiger partial charge in [-0.2, -0.15) is 10.1 Å². The molecule has 0 unspecified atom stereocenters. The highest BCUT2D eigenvalue weighted by molar-refractivity contribution is 6.33. The molecule has 0 aliphatic heterocycles. The minimum atomic E-state index is 0.318. The molecule has 0 amide bonds. The van der Waals surface area contributed by atoms with Crippen molar-refractivity contribution in [2.75, 3.05) is 5.73 Å². The van der Waals surface area contributed by atoms with Crippen LogP contribution >= 0.6 is 11.6 Å². The Hall–Kier alpha value is -2.34. The number of hydrogen-bond donors (Lipinski definition) is 1. The van der Waals surface area contributed by atoms with Crippen molar-refractivity contribution >= 4 is 17.3 Å². The summed E-state index contributed by atoms with van der Waals surface area (Å²) in [5, 5.41) is 8.59. The predicted octanol–water partition coefficient (Wildman–Crippen LogP) is 2.37. The van der Waals surface area contributed by atoms with Crippen LogP contribution in [0.5, 0.6) is 0 Å². The summed E-state index contributed by atoms with van der Waals surface area (Å²) in [6, 6.07) is 6.90. The lowest BCUT2D eigenvalue weighted by Crippen LogP contribution is -1.89. The fourth-order valence-electron chi connectivity index (χ4n) is 1.68. The van der Waals surface area contributed by atoms with Crippen LogP contribution in [0.15, 0.2) is 35.0 Å². The quantitative estimate of drug-likeness (QED) is 0.726. The smallest absolute Gasteiger partial charge is 0.259 e. The molecule has 0 aliphatic carbocycles. The van der Waals surface area contributed by atoms with Crippen molar-refractivity contribution in [2.45, 2.75) is 0 Å². The van der Waals surface area contributed by atoms with Gasteiger partial charge in [-0.25, -0.2) is 0 Å². The fourth-order valence-corrected chi connectivity index (χ4v) is 1.88. The van der Waals surface area contributed by atoms with Crippen LogP contribution in [-0.4, -0.2) is 19.9 Å². The number of nitrogens with two attached hydrogens (primary N) is 1. The third kappa shape index (κ3) is 2.17. The number of halogens is 1. The van der Waals surface area contributed by atoms with Crippen LogP contribution in [0.25, 0.3) is 23.0 Å². The average Bonchev–Trinajstić information content (AvgIpc) is 3.00. The highest BCUT2D eigenvalue weighted by Crippen LogP contribution is 2.29. The number of nitrogens with zero attached hydrogens (tertiary/aromatic N) is 4. The first-order valence-corrected chi connectivity index (χ1v) is 5.90. The van der Waals surface area contributed by atoms with Crippen molar-refractivity contribution in [1.29, 1.82) is 0 Å². The standard InChI is InChI=1S/C12H10ClN5O/c1-18-5-4-10(16-18)11-15-12(19-17-11)8-6-7(14)2-3-9(8)13/h2-6H,14H2,1H3. The zero-order valence-corrected chi connectivity index (χ0v) is 10.8. The molecule has 2 N–H and O–H groups in total. The van der Waals surface area contributed by atoms with Gasteiger partial charge in [0.2, 0.25) is 5.82 Å². The maximum absolute atomic E-state index is 6.09. The number of nitrogen functional groups attached to an aromatic ring is 1. The van der Waals surface area contributed by atoms with Crippen molar-refractivity contribution in [3.05, 3.63) is 35.5 Å². The van der Waals surface area contributed by atoms with Crippen LogP contribution < -0.4 is 5.73 Å². The summed E-state index contributed by atoms with van der Waals surface area (Å²) in [5.41, 5.74) is 7.55. The summed E-state index contributed by atoms with van der Waals surface area (Å²) < 4.78 is 6.87. The lowest BCUT2D eigenvalue weighted by Gasteiger charge is -1.99. The van der Waals surface area contributed by atoms with Crippen LogP contribution in [0.1, 0.15) is 0 Å². The largest absolute Gasteiger partial charge is 0.399 e. The predicted molar refractivity (Wildman–Crippen MR) is 71.4 cm³/mol. The number of anilines is 1. The monoisotopic (exact) mass is 275 g/mol. The molecule has 1 aromatic carbocycles. The molecule has 96 valence electrons. The van der Waals surface area contributed by atoms with E-state index in [0.717, 1.165) is 0 Å². The third-order valence-electron chi connectivity index (χ3n) is 2.59. The molecule has 0 saturated carbocycles. The van der Waals surface area contributed by atoms with Gasteiger partial charge in [-0.3, -0.25) is 4.68 Å². The number of benzene rings is 1. The Kier molecular flexibility index (Phi) is 2.72. The van der Waals surface area contributed by atoms with Crippen molar-refractivity contribution < 1.29 is 4.52 Å². The van der Waals surface area contributed by atoms with Gasteiger partial charge in [-0.05, 0) is 24.3 Å². The van der Waals surface area contributed by atoms with Crippen molar-refractivity contribution in [3.63, 3.8) is 0 Å². The molecular formula is C12H10ClN5O. The molecule has 19 heavy (non-hydrogen) atoms. The Morgan fingerprint density at radius 3 is 2.89 bits per heavy atom. The second-order valence-electron chi connectivity index (χ2n) is 4.04. The molecule has 0 bridgehead atoms. The van der Waals surface area contributed by atoms with E-state index in [9.17, 15) is 0 Å². The molecule has 6 nitrogen and oxygen atoms in total. The van der Waals surface area contributed by atoms with Crippen LogP contribution in [0, 0.1) is 0 Å². The van der Waals surface area contributed by atoms with Gasteiger partial charge < -0.3 is 10.3 Å². The Morgan fingerprint density at radius 2 is 2.16 bits per heavy atom. The summed E-state index contributed by atoms with van der Waals surface area (Å²) in [6.07, 6.45) is 1.80. The van der Waals surface area contributed by atoms with Crippen LogP contribution in [0.2, 0.25) is 5.02 Å². The Labute approximate surface area is 113 Å². The van der Waals surface area contributed by atoms with E-state index in [-0.39, 0.29) is 0 Å². The number of aromatic nitrogens is 4. The maximum Gasteiger partial charge on any atom is 0.259 e.